The van der Waals surface area contributed by atoms with Crippen LogP contribution in [0.3, 0.4) is 0 Å². The van der Waals surface area contributed by atoms with Crippen LogP contribution in [-0.2, 0) is 11.3 Å². The molecule has 1 fully saturated rings. The zero-order valence-corrected chi connectivity index (χ0v) is 10.3. The summed E-state index contributed by atoms with van der Waals surface area (Å²) in [6, 6.07) is 0. The van der Waals surface area contributed by atoms with Gasteiger partial charge in [0.2, 0.25) is 0 Å². The van der Waals surface area contributed by atoms with Crippen molar-refractivity contribution in [1.82, 2.24) is 9.88 Å². The van der Waals surface area contributed by atoms with Gasteiger partial charge in [0.05, 0.1) is 6.10 Å². The van der Waals surface area contributed by atoms with E-state index in [4.69, 9.17) is 10.5 Å². The second kappa shape index (κ2) is 5.65. The summed E-state index contributed by atoms with van der Waals surface area (Å²) in [6.45, 7) is 3.08. The molecule has 0 radical (unpaired) electrons. The minimum absolute atomic E-state index is 0. The number of likely N-dealkylation sites (tertiary alicyclic amines) is 1. The lowest BCUT2D eigenvalue weighted by atomic mass is 10.3. The molecular formula is C9H16ClN3OS. The summed E-state index contributed by atoms with van der Waals surface area (Å²) in [7, 11) is 1.78. The number of aromatic nitrogens is 1. The van der Waals surface area contributed by atoms with Crippen LogP contribution in [0.25, 0.3) is 0 Å². The number of nitrogen functional groups attached to an aromatic ring is 1. The number of rotatable bonds is 3. The molecule has 1 aromatic rings. The van der Waals surface area contributed by atoms with Gasteiger partial charge in [-0.15, -0.1) is 23.7 Å². The van der Waals surface area contributed by atoms with Gasteiger partial charge in [0.25, 0.3) is 0 Å². The van der Waals surface area contributed by atoms with Crippen LogP contribution in [0.5, 0.6) is 0 Å². The number of hydrogen-bond acceptors (Lipinski definition) is 5. The quantitative estimate of drug-likeness (QED) is 0.879. The van der Waals surface area contributed by atoms with Gasteiger partial charge in [-0.25, -0.2) is 4.98 Å². The maximum atomic E-state index is 5.57. The number of hydrogen-bond donors (Lipinski definition) is 1. The second-order valence-electron chi connectivity index (χ2n) is 3.55. The van der Waals surface area contributed by atoms with Crippen LogP contribution in [0.15, 0.2) is 6.20 Å². The standard InChI is InChI=1S/C9H15N3OS.ClH/c1-13-7-2-3-12(5-7)6-8-4-11-9(10)14-8;/h4,7H,2-3,5-6H2,1H3,(H2,10,11);1H/t7-;/m0./s1. The summed E-state index contributed by atoms with van der Waals surface area (Å²) in [6.07, 6.45) is 3.39. The molecule has 0 spiro atoms. The first kappa shape index (κ1) is 12.7. The van der Waals surface area contributed by atoms with E-state index < -0.39 is 0 Å². The molecule has 1 aliphatic heterocycles. The zero-order valence-electron chi connectivity index (χ0n) is 8.68. The first-order valence-corrected chi connectivity index (χ1v) is 5.55. The number of anilines is 1. The normalized spacial score (nSPS) is 21.5. The first-order chi connectivity index (χ1) is 6.78. The maximum Gasteiger partial charge on any atom is 0.180 e. The molecule has 4 nitrogen and oxygen atoms in total. The molecule has 1 atom stereocenters. The van der Waals surface area contributed by atoms with Crippen molar-refractivity contribution in [3.8, 4) is 0 Å². The third kappa shape index (κ3) is 3.31. The first-order valence-electron chi connectivity index (χ1n) is 4.73. The van der Waals surface area contributed by atoms with Crippen molar-refractivity contribution in [2.75, 3.05) is 25.9 Å². The number of nitrogens with two attached hydrogens (primary N) is 1. The molecule has 0 bridgehead atoms. The summed E-state index contributed by atoms with van der Waals surface area (Å²) < 4.78 is 5.31. The summed E-state index contributed by atoms with van der Waals surface area (Å²) in [5.74, 6) is 0. The summed E-state index contributed by atoms with van der Waals surface area (Å²) in [5.41, 5.74) is 5.57. The molecule has 2 N–H and O–H groups in total. The van der Waals surface area contributed by atoms with Crippen molar-refractivity contribution in [1.29, 1.82) is 0 Å². The fraction of sp³-hybridized carbons (Fsp3) is 0.667. The van der Waals surface area contributed by atoms with E-state index in [1.54, 1.807) is 18.4 Å². The smallest absolute Gasteiger partial charge is 0.180 e. The molecule has 0 unspecified atom stereocenters. The molecule has 1 saturated heterocycles. The Morgan fingerprint density at radius 2 is 2.53 bits per heavy atom. The lowest BCUT2D eigenvalue weighted by molar-refractivity contribution is 0.107. The van der Waals surface area contributed by atoms with Crippen LogP contribution in [-0.4, -0.2) is 36.2 Å². The lowest BCUT2D eigenvalue weighted by Gasteiger charge is -2.13. The molecule has 2 rings (SSSR count). The fourth-order valence-corrected chi connectivity index (χ4v) is 2.48. The minimum Gasteiger partial charge on any atom is -0.380 e. The molecule has 1 aromatic heterocycles. The molecule has 86 valence electrons. The van der Waals surface area contributed by atoms with E-state index in [1.165, 1.54) is 4.88 Å². The monoisotopic (exact) mass is 249 g/mol. The molecular weight excluding hydrogens is 234 g/mol. The third-order valence-electron chi connectivity index (χ3n) is 2.51. The number of halogens is 1. The predicted octanol–water partition coefficient (Wildman–Crippen LogP) is 1.37. The Morgan fingerprint density at radius 3 is 3.07 bits per heavy atom. The highest BCUT2D eigenvalue weighted by Crippen LogP contribution is 2.20. The van der Waals surface area contributed by atoms with E-state index in [1.807, 2.05) is 6.20 Å². The Labute approximate surface area is 99.8 Å². The fourth-order valence-electron chi connectivity index (χ4n) is 1.75. The van der Waals surface area contributed by atoms with E-state index in [-0.39, 0.29) is 12.4 Å². The Hall–Kier alpha value is -0.360. The van der Waals surface area contributed by atoms with Crippen LogP contribution < -0.4 is 5.73 Å². The molecule has 6 heteroatoms. The van der Waals surface area contributed by atoms with Crippen LogP contribution in [0.1, 0.15) is 11.3 Å². The zero-order chi connectivity index (χ0) is 9.97. The molecule has 2 heterocycles. The predicted molar refractivity (Wildman–Crippen MR) is 64.5 cm³/mol. The number of thiazole rings is 1. The van der Waals surface area contributed by atoms with Crippen molar-refractivity contribution < 1.29 is 4.74 Å². The third-order valence-corrected chi connectivity index (χ3v) is 3.32. The van der Waals surface area contributed by atoms with Crippen molar-refractivity contribution in [3.05, 3.63) is 11.1 Å². The van der Waals surface area contributed by atoms with Crippen molar-refractivity contribution in [2.45, 2.75) is 19.1 Å². The number of methoxy groups -OCH3 is 1. The van der Waals surface area contributed by atoms with E-state index in [9.17, 15) is 0 Å². The van der Waals surface area contributed by atoms with E-state index in [2.05, 4.69) is 9.88 Å². The van der Waals surface area contributed by atoms with E-state index in [0.29, 0.717) is 11.2 Å². The second-order valence-corrected chi connectivity index (χ2v) is 4.69. The highest BCUT2D eigenvalue weighted by atomic mass is 35.5. The summed E-state index contributed by atoms with van der Waals surface area (Å²) in [4.78, 5) is 7.65. The Bertz CT molecular complexity index is 307. The average Bonchev–Trinajstić information content (AvgIpc) is 2.76. The van der Waals surface area contributed by atoms with E-state index >= 15 is 0 Å². The molecule has 1 aliphatic rings. The Balaban J connectivity index is 0.00000112. The van der Waals surface area contributed by atoms with Gasteiger partial charge in [0.1, 0.15) is 0 Å². The maximum absolute atomic E-state index is 5.57. The van der Waals surface area contributed by atoms with Gasteiger partial charge in [-0.3, -0.25) is 4.90 Å². The average molecular weight is 250 g/mol. The molecule has 15 heavy (non-hydrogen) atoms. The van der Waals surface area contributed by atoms with Crippen LogP contribution in [0.2, 0.25) is 0 Å². The van der Waals surface area contributed by atoms with Gasteiger partial charge in [-0.2, -0.15) is 0 Å². The van der Waals surface area contributed by atoms with Gasteiger partial charge < -0.3 is 10.5 Å². The molecule has 0 amide bonds. The highest BCUT2D eigenvalue weighted by Gasteiger charge is 2.22. The van der Waals surface area contributed by atoms with Gasteiger partial charge in [-0.05, 0) is 6.42 Å². The highest BCUT2D eigenvalue weighted by molar-refractivity contribution is 7.15. The van der Waals surface area contributed by atoms with Gasteiger partial charge >= 0.3 is 0 Å². The van der Waals surface area contributed by atoms with Crippen molar-refractivity contribution in [2.24, 2.45) is 0 Å². The van der Waals surface area contributed by atoms with E-state index in [0.717, 1.165) is 26.1 Å². The molecule has 0 aliphatic carbocycles. The molecule has 0 saturated carbocycles. The topological polar surface area (TPSA) is 51.4 Å². The molecule has 0 aromatic carbocycles. The number of nitrogens with zero attached hydrogens (tertiary/aromatic N) is 2. The van der Waals surface area contributed by atoms with Gasteiger partial charge in [-0.1, -0.05) is 0 Å². The minimum atomic E-state index is 0. The van der Waals surface area contributed by atoms with Crippen LogP contribution in [0, 0.1) is 0 Å². The van der Waals surface area contributed by atoms with Gasteiger partial charge in [0, 0.05) is 37.8 Å². The summed E-state index contributed by atoms with van der Waals surface area (Å²) >= 11 is 1.57. The largest absolute Gasteiger partial charge is 0.380 e. The van der Waals surface area contributed by atoms with Crippen LogP contribution >= 0.6 is 23.7 Å². The number of ether oxygens (including phenoxy) is 1. The van der Waals surface area contributed by atoms with Crippen LogP contribution in [0.4, 0.5) is 5.13 Å². The SMILES string of the molecule is CO[C@H]1CCN(Cc2cnc(N)s2)C1.Cl. The van der Waals surface area contributed by atoms with Crippen molar-refractivity contribution in [3.63, 3.8) is 0 Å². The summed E-state index contributed by atoms with van der Waals surface area (Å²) in [5, 5.41) is 0.655. The Morgan fingerprint density at radius 1 is 1.73 bits per heavy atom. The van der Waals surface area contributed by atoms with Gasteiger partial charge in [0.15, 0.2) is 5.13 Å². The van der Waals surface area contributed by atoms with Crippen molar-refractivity contribution >= 4 is 28.9 Å². The Kier molecular flexibility index (Phi) is 4.79. The lowest BCUT2D eigenvalue weighted by Crippen LogP contribution is -2.21.